The maximum Gasteiger partial charge on any atom is 0.240 e. The first-order valence-electron chi connectivity index (χ1n) is 6.80. The molecular weight excluding hydrogens is 212 g/mol. The summed E-state index contributed by atoms with van der Waals surface area (Å²) in [6.45, 7) is 7.01. The Kier molecular flexibility index (Phi) is 4.14. The highest BCUT2D eigenvalue weighted by atomic mass is 16.7. The lowest BCUT2D eigenvalue weighted by atomic mass is 9.77. The smallest absolute Gasteiger partial charge is 0.240 e. The van der Waals surface area contributed by atoms with Gasteiger partial charge in [0.1, 0.15) is 12.5 Å². The monoisotopic (exact) mass is 236 g/mol. The molecule has 0 saturated heterocycles. The van der Waals surface area contributed by atoms with Crippen LogP contribution < -0.4 is 0 Å². The fourth-order valence-electron chi connectivity index (χ4n) is 2.80. The van der Waals surface area contributed by atoms with Crippen LogP contribution in [-0.2, 0) is 9.47 Å². The first-order chi connectivity index (χ1) is 8.15. The highest BCUT2D eigenvalue weighted by Gasteiger charge is 2.22. The third-order valence-corrected chi connectivity index (χ3v) is 3.81. The topological polar surface area (TPSA) is 18.5 Å². The van der Waals surface area contributed by atoms with Crippen molar-refractivity contribution in [3.05, 3.63) is 24.2 Å². The van der Waals surface area contributed by atoms with E-state index in [4.69, 9.17) is 9.47 Å². The molecule has 2 rings (SSSR count). The van der Waals surface area contributed by atoms with E-state index in [0.717, 1.165) is 30.6 Å². The molecule has 0 amide bonds. The van der Waals surface area contributed by atoms with E-state index in [1.807, 2.05) is 0 Å². The minimum Gasteiger partial charge on any atom is -0.459 e. The summed E-state index contributed by atoms with van der Waals surface area (Å²) in [5, 5.41) is 0. The molecule has 0 bridgehead atoms. The van der Waals surface area contributed by atoms with E-state index in [2.05, 4.69) is 26.8 Å². The normalized spacial score (nSPS) is 29.1. The molecule has 0 fully saturated rings. The Bertz CT molecular complexity index is 296. The van der Waals surface area contributed by atoms with E-state index < -0.39 is 0 Å². The minimum absolute atomic E-state index is 0.0503. The number of rotatable bonds is 4. The highest BCUT2D eigenvalue weighted by molar-refractivity contribution is 5.10. The van der Waals surface area contributed by atoms with E-state index in [1.165, 1.54) is 12.8 Å². The first kappa shape index (κ1) is 12.5. The second-order valence-electron chi connectivity index (χ2n) is 5.79. The molecule has 0 N–H and O–H groups in total. The third kappa shape index (κ3) is 3.52. The molecule has 0 aromatic rings. The van der Waals surface area contributed by atoms with Gasteiger partial charge in [-0.2, -0.15) is 0 Å². The van der Waals surface area contributed by atoms with Gasteiger partial charge in [0.25, 0.3) is 0 Å². The van der Waals surface area contributed by atoms with Gasteiger partial charge >= 0.3 is 0 Å². The van der Waals surface area contributed by atoms with Crippen LogP contribution in [0.15, 0.2) is 24.2 Å². The second kappa shape index (κ2) is 5.61. The van der Waals surface area contributed by atoms with Gasteiger partial charge in [-0.05, 0) is 37.0 Å². The average Bonchev–Trinajstić information content (AvgIpc) is 2.78. The van der Waals surface area contributed by atoms with Crippen LogP contribution >= 0.6 is 0 Å². The molecule has 0 saturated carbocycles. The largest absolute Gasteiger partial charge is 0.459 e. The Morgan fingerprint density at radius 1 is 1.29 bits per heavy atom. The summed E-state index contributed by atoms with van der Waals surface area (Å²) in [5.41, 5.74) is 1.60. The molecule has 1 heterocycles. The van der Waals surface area contributed by atoms with Crippen molar-refractivity contribution in [2.45, 2.75) is 52.7 Å². The zero-order chi connectivity index (χ0) is 12.3. The number of hydrogen-bond acceptors (Lipinski definition) is 2. The predicted molar refractivity (Wildman–Crippen MR) is 69.1 cm³/mol. The van der Waals surface area contributed by atoms with Crippen molar-refractivity contribution in [2.75, 3.05) is 0 Å². The average molecular weight is 236 g/mol. The second-order valence-corrected chi connectivity index (χ2v) is 5.79. The molecule has 0 aromatic heterocycles. The fourth-order valence-corrected chi connectivity index (χ4v) is 2.80. The molecule has 1 aliphatic carbocycles. The lowest BCUT2D eigenvalue weighted by molar-refractivity contribution is -0.0278. The van der Waals surface area contributed by atoms with Crippen LogP contribution in [-0.4, -0.2) is 6.29 Å². The Hall–Kier alpha value is -0.920. The van der Waals surface area contributed by atoms with Crippen molar-refractivity contribution in [1.82, 2.24) is 0 Å². The highest BCUT2D eigenvalue weighted by Crippen LogP contribution is 2.34. The number of ether oxygens (including phenoxy) is 2. The molecule has 2 atom stereocenters. The van der Waals surface area contributed by atoms with Crippen LogP contribution in [0.4, 0.5) is 0 Å². The van der Waals surface area contributed by atoms with E-state index in [1.54, 1.807) is 18.1 Å². The lowest BCUT2D eigenvalue weighted by Crippen LogP contribution is -2.17. The van der Waals surface area contributed by atoms with Crippen LogP contribution in [0.1, 0.15) is 46.5 Å². The Balaban J connectivity index is 1.85. The molecule has 96 valence electrons. The summed E-state index contributed by atoms with van der Waals surface area (Å²) in [6, 6.07) is 0. The van der Waals surface area contributed by atoms with E-state index in [9.17, 15) is 0 Å². The molecule has 0 spiro atoms. The predicted octanol–water partition coefficient (Wildman–Crippen LogP) is 4.24. The zero-order valence-corrected chi connectivity index (χ0v) is 11.2. The minimum atomic E-state index is -0.0503. The fraction of sp³-hybridized carbons (Fsp3) is 0.733. The van der Waals surface area contributed by atoms with Gasteiger partial charge in [-0.15, -0.1) is 0 Å². The molecule has 2 heteroatoms. The Morgan fingerprint density at radius 2 is 2.00 bits per heavy atom. The SMILES string of the molecule is CC1CC(CCC2OC=CO2)=CC(C(C)C)C1. The summed E-state index contributed by atoms with van der Waals surface area (Å²) in [5.74, 6) is 2.34. The summed E-state index contributed by atoms with van der Waals surface area (Å²) < 4.78 is 10.6. The molecule has 1 aliphatic heterocycles. The van der Waals surface area contributed by atoms with E-state index in [0.29, 0.717) is 0 Å². The van der Waals surface area contributed by atoms with Gasteiger partial charge in [-0.25, -0.2) is 0 Å². The van der Waals surface area contributed by atoms with Crippen molar-refractivity contribution in [3.63, 3.8) is 0 Å². The molecule has 17 heavy (non-hydrogen) atoms. The van der Waals surface area contributed by atoms with Gasteiger partial charge < -0.3 is 9.47 Å². The Morgan fingerprint density at radius 3 is 2.65 bits per heavy atom. The van der Waals surface area contributed by atoms with Crippen molar-refractivity contribution in [2.24, 2.45) is 17.8 Å². The van der Waals surface area contributed by atoms with Gasteiger partial charge in [-0.3, -0.25) is 0 Å². The summed E-state index contributed by atoms with van der Waals surface area (Å²) in [4.78, 5) is 0. The van der Waals surface area contributed by atoms with Crippen LogP contribution in [0.5, 0.6) is 0 Å². The van der Waals surface area contributed by atoms with Crippen LogP contribution in [0.2, 0.25) is 0 Å². The number of hydrogen-bond donors (Lipinski definition) is 0. The summed E-state index contributed by atoms with van der Waals surface area (Å²) >= 11 is 0. The zero-order valence-electron chi connectivity index (χ0n) is 11.2. The molecule has 2 aliphatic rings. The summed E-state index contributed by atoms with van der Waals surface area (Å²) in [6.07, 6.45) is 10.4. The maximum atomic E-state index is 5.32. The van der Waals surface area contributed by atoms with Crippen LogP contribution in [0.25, 0.3) is 0 Å². The van der Waals surface area contributed by atoms with Crippen LogP contribution in [0, 0.1) is 17.8 Å². The lowest BCUT2D eigenvalue weighted by Gasteiger charge is -2.29. The van der Waals surface area contributed by atoms with Gasteiger partial charge in [0, 0.05) is 6.42 Å². The maximum absolute atomic E-state index is 5.32. The first-order valence-corrected chi connectivity index (χ1v) is 6.80. The van der Waals surface area contributed by atoms with Crippen molar-refractivity contribution in [1.29, 1.82) is 0 Å². The molecule has 0 radical (unpaired) electrons. The van der Waals surface area contributed by atoms with Gasteiger partial charge in [0.15, 0.2) is 0 Å². The van der Waals surface area contributed by atoms with Crippen molar-refractivity contribution >= 4 is 0 Å². The van der Waals surface area contributed by atoms with Crippen LogP contribution in [0.3, 0.4) is 0 Å². The van der Waals surface area contributed by atoms with Gasteiger partial charge in [0.2, 0.25) is 6.29 Å². The standard InChI is InChI=1S/C15H24O2/c1-11(2)14-9-12(3)8-13(10-14)4-5-15-16-6-7-17-15/h6-7,10-12,14-15H,4-5,8-9H2,1-3H3. The quantitative estimate of drug-likeness (QED) is 0.680. The van der Waals surface area contributed by atoms with E-state index in [-0.39, 0.29) is 6.29 Å². The molecule has 0 aromatic carbocycles. The third-order valence-electron chi connectivity index (χ3n) is 3.81. The molecular formula is C15H24O2. The summed E-state index contributed by atoms with van der Waals surface area (Å²) in [7, 11) is 0. The molecule has 2 unspecified atom stereocenters. The van der Waals surface area contributed by atoms with E-state index >= 15 is 0 Å². The molecule has 2 nitrogen and oxygen atoms in total. The van der Waals surface area contributed by atoms with Crippen molar-refractivity contribution in [3.8, 4) is 0 Å². The van der Waals surface area contributed by atoms with Crippen molar-refractivity contribution < 1.29 is 9.47 Å². The van der Waals surface area contributed by atoms with Gasteiger partial charge in [-0.1, -0.05) is 32.4 Å². The Labute approximate surface area is 105 Å². The number of allylic oxidation sites excluding steroid dienone is 2. The van der Waals surface area contributed by atoms with Gasteiger partial charge in [0.05, 0.1) is 0 Å².